The normalized spacial score (nSPS) is 10.5. The molecule has 8 heteroatoms. The highest BCUT2D eigenvalue weighted by molar-refractivity contribution is 5.99. The Morgan fingerprint density at radius 3 is 2.46 bits per heavy atom. The highest BCUT2D eigenvalue weighted by Crippen LogP contribution is 2.19. The molecule has 1 N–H and O–H groups in total. The molecule has 2 rings (SSSR count). The Kier molecular flexibility index (Phi) is 6.32. The summed E-state index contributed by atoms with van der Waals surface area (Å²) in [7, 11) is 0. The second-order valence-electron chi connectivity index (χ2n) is 5.69. The minimum Gasteiger partial charge on any atom is -0.329 e. The number of nitrogens with one attached hydrogen (secondary N) is 1. The molecule has 0 bridgehead atoms. The number of amides is 2. The number of carbonyl (C=O) groups is 2. The summed E-state index contributed by atoms with van der Waals surface area (Å²) in [5.74, 6) is -5.64. The summed E-state index contributed by atoms with van der Waals surface area (Å²) in [6.45, 7) is 3.54. The van der Waals surface area contributed by atoms with Crippen molar-refractivity contribution in [2.24, 2.45) is 0 Å². The lowest BCUT2D eigenvalue weighted by Gasteiger charge is -2.21. The molecule has 1 aromatic carbocycles. The number of aryl methyl sites for hydroxylation is 1. The third-order valence-electron chi connectivity index (χ3n) is 3.58. The molecular weight excluding hydrogens is 347 g/mol. The second-order valence-corrected chi connectivity index (χ2v) is 5.69. The van der Waals surface area contributed by atoms with Gasteiger partial charge >= 0.3 is 0 Å². The molecule has 0 saturated heterocycles. The third-order valence-corrected chi connectivity index (χ3v) is 3.58. The fourth-order valence-electron chi connectivity index (χ4n) is 2.28. The molecule has 0 aliphatic carbocycles. The second kappa shape index (κ2) is 8.46. The molecule has 0 spiro atoms. The van der Waals surface area contributed by atoms with Gasteiger partial charge in [-0.2, -0.15) is 0 Å². The number of hydrogen-bond acceptors (Lipinski definition) is 3. The molecule has 0 fully saturated rings. The van der Waals surface area contributed by atoms with Crippen LogP contribution in [0.2, 0.25) is 0 Å². The minimum atomic E-state index is -1.67. The Balaban J connectivity index is 2.11. The van der Waals surface area contributed by atoms with E-state index in [4.69, 9.17) is 0 Å². The summed E-state index contributed by atoms with van der Waals surface area (Å²) in [5.41, 5.74) is 0.570. The summed E-state index contributed by atoms with van der Waals surface area (Å²) in [6.07, 6.45) is 2.01. The van der Waals surface area contributed by atoms with E-state index in [2.05, 4.69) is 10.3 Å². The zero-order valence-corrected chi connectivity index (χ0v) is 14.4. The van der Waals surface area contributed by atoms with E-state index >= 15 is 0 Å². The quantitative estimate of drug-likeness (QED) is 0.799. The van der Waals surface area contributed by atoms with Gasteiger partial charge in [0.15, 0.2) is 17.5 Å². The fourth-order valence-corrected chi connectivity index (χ4v) is 2.28. The lowest BCUT2D eigenvalue weighted by atomic mass is 10.2. The maximum absolute atomic E-state index is 13.7. The molecule has 0 saturated carbocycles. The number of benzene rings is 1. The average Bonchev–Trinajstić information content (AvgIpc) is 2.62. The molecule has 138 valence electrons. The molecule has 0 aliphatic rings. The van der Waals surface area contributed by atoms with E-state index in [9.17, 15) is 22.8 Å². The van der Waals surface area contributed by atoms with Gasteiger partial charge in [0.1, 0.15) is 6.54 Å². The molecule has 1 heterocycles. The van der Waals surface area contributed by atoms with E-state index in [0.29, 0.717) is 24.6 Å². The van der Waals surface area contributed by atoms with Crippen LogP contribution in [0, 0.1) is 24.4 Å². The van der Waals surface area contributed by atoms with Crippen molar-refractivity contribution < 1.29 is 22.8 Å². The molecular formula is C18H18F3N3O2. The van der Waals surface area contributed by atoms with E-state index in [1.54, 1.807) is 19.1 Å². The van der Waals surface area contributed by atoms with Gasteiger partial charge in [-0.15, -0.1) is 0 Å². The number of halogens is 3. The molecule has 5 nitrogen and oxygen atoms in total. The largest absolute Gasteiger partial charge is 0.329 e. The van der Waals surface area contributed by atoms with Crippen LogP contribution in [0.4, 0.5) is 18.9 Å². The van der Waals surface area contributed by atoms with Crippen LogP contribution < -0.4 is 5.32 Å². The Bertz CT molecular complexity index is 810. The summed E-state index contributed by atoms with van der Waals surface area (Å²) in [4.78, 5) is 30.0. The lowest BCUT2D eigenvalue weighted by Crippen LogP contribution is -2.38. The number of nitrogens with zero attached hydrogens (tertiary/aromatic N) is 2. The average molecular weight is 365 g/mol. The Labute approximate surface area is 148 Å². The van der Waals surface area contributed by atoms with E-state index in [1.807, 2.05) is 6.92 Å². The maximum atomic E-state index is 13.7. The van der Waals surface area contributed by atoms with Crippen molar-refractivity contribution in [2.45, 2.75) is 20.3 Å². The molecule has 1 aromatic heterocycles. The number of hydrogen-bond donors (Lipinski definition) is 1. The van der Waals surface area contributed by atoms with E-state index in [0.717, 1.165) is 11.8 Å². The van der Waals surface area contributed by atoms with E-state index < -0.39 is 35.0 Å². The van der Waals surface area contributed by atoms with E-state index in [1.165, 1.54) is 11.1 Å². The number of rotatable bonds is 6. The SMILES string of the molecule is CCCN(CC(=O)Nc1ccc(F)c(F)c1F)C(=O)c1ccc(C)nc1. The van der Waals surface area contributed by atoms with Crippen LogP contribution in [0.25, 0.3) is 0 Å². The van der Waals surface area contributed by atoms with Crippen molar-refractivity contribution in [2.75, 3.05) is 18.4 Å². The van der Waals surface area contributed by atoms with Crippen LogP contribution in [-0.2, 0) is 4.79 Å². The van der Waals surface area contributed by atoms with Gasteiger partial charge in [-0.05, 0) is 37.6 Å². The van der Waals surface area contributed by atoms with Gasteiger partial charge in [0.05, 0.1) is 11.3 Å². The van der Waals surface area contributed by atoms with Crippen LogP contribution in [0.1, 0.15) is 29.4 Å². The standard InChI is InChI=1S/C18H18F3N3O2/c1-3-8-24(18(26)12-5-4-11(2)22-9-12)10-15(25)23-14-7-6-13(19)16(20)17(14)21/h4-7,9H,3,8,10H2,1-2H3,(H,23,25). The van der Waals surface area contributed by atoms with Crippen molar-refractivity contribution in [1.82, 2.24) is 9.88 Å². The van der Waals surface area contributed by atoms with Gasteiger partial charge in [0, 0.05) is 18.4 Å². The predicted octanol–water partition coefficient (Wildman–Crippen LogP) is 3.30. The first-order valence-corrected chi connectivity index (χ1v) is 7.98. The molecule has 0 aliphatic heterocycles. The number of pyridine rings is 1. The molecule has 2 aromatic rings. The topological polar surface area (TPSA) is 62.3 Å². The minimum absolute atomic E-state index is 0.292. The van der Waals surface area contributed by atoms with Crippen molar-refractivity contribution in [3.63, 3.8) is 0 Å². The Morgan fingerprint density at radius 1 is 1.12 bits per heavy atom. The first kappa shape index (κ1) is 19.4. The predicted molar refractivity (Wildman–Crippen MR) is 90.1 cm³/mol. The van der Waals surface area contributed by atoms with Crippen LogP contribution in [0.3, 0.4) is 0 Å². The smallest absolute Gasteiger partial charge is 0.255 e. The van der Waals surface area contributed by atoms with Crippen molar-refractivity contribution >= 4 is 17.5 Å². The number of anilines is 1. The summed E-state index contributed by atoms with van der Waals surface area (Å²) >= 11 is 0. The van der Waals surface area contributed by atoms with Crippen LogP contribution in [-0.4, -0.2) is 34.8 Å². The highest BCUT2D eigenvalue weighted by Gasteiger charge is 2.20. The molecule has 26 heavy (non-hydrogen) atoms. The highest BCUT2D eigenvalue weighted by atomic mass is 19.2. The third kappa shape index (κ3) is 4.59. The first-order valence-electron chi connectivity index (χ1n) is 7.98. The Morgan fingerprint density at radius 2 is 1.85 bits per heavy atom. The fraction of sp³-hybridized carbons (Fsp3) is 0.278. The van der Waals surface area contributed by atoms with Gasteiger partial charge in [-0.1, -0.05) is 6.92 Å². The van der Waals surface area contributed by atoms with Gasteiger partial charge in [-0.25, -0.2) is 13.2 Å². The molecule has 2 amide bonds. The van der Waals surface area contributed by atoms with Crippen LogP contribution in [0.15, 0.2) is 30.5 Å². The molecule has 0 radical (unpaired) electrons. The van der Waals surface area contributed by atoms with Crippen LogP contribution in [0.5, 0.6) is 0 Å². The van der Waals surface area contributed by atoms with Crippen molar-refractivity contribution in [3.05, 3.63) is 59.2 Å². The van der Waals surface area contributed by atoms with Gasteiger partial charge in [-0.3, -0.25) is 14.6 Å². The van der Waals surface area contributed by atoms with Crippen molar-refractivity contribution in [1.29, 1.82) is 0 Å². The summed E-state index contributed by atoms with van der Waals surface area (Å²) < 4.78 is 39.8. The summed E-state index contributed by atoms with van der Waals surface area (Å²) in [5, 5.41) is 2.15. The van der Waals surface area contributed by atoms with Crippen LogP contribution >= 0.6 is 0 Å². The maximum Gasteiger partial charge on any atom is 0.255 e. The molecule has 0 atom stereocenters. The first-order chi connectivity index (χ1) is 12.3. The van der Waals surface area contributed by atoms with E-state index in [-0.39, 0.29) is 6.54 Å². The zero-order chi connectivity index (χ0) is 19.3. The lowest BCUT2D eigenvalue weighted by molar-refractivity contribution is -0.116. The zero-order valence-electron chi connectivity index (χ0n) is 14.4. The van der Waals surface area contributed by atoms with Gasteiger partial charge in [0.2, 0.25) is 5.91 Å². The summed E-state index contributed by atoms with van der Waals surface area (Å²) in [6, 6.07) is 4.90. The van der Waals surface area contributed by atoms with Gasteiger partial charge < -0.3 is 10.2 Å². The van der Waals surface area contributed by atoms with Gasteiger partial charge in [0.25, 0.3) is 5.91 Å². The monoisotopic (exact) mass is 365 g/mol. The van der Waals surface area contributed by atoms with Crippen molar-refractivity contribution in [3.8, 4) is 0 Å². The Hall–Kier alpha value is -2.90. The molecule has 0 unspecified atom stereocenters. The number of carbonyl (C=O) groups excluding carboxylic acids is 2. The number of aromatic nitrogens is 1.